The van der Waals surface area contributed by atoms with Gasteiger partial charge in [0.2, 0.25) is 0 Å². The molecule has 0 radical (unpaired) electrons. The van der Waals surface area contributed by atoms with Crippen molar-refractivity contribution in [2.75, 3.05) is 4.90 Å². The molecule has 1 nitrogen and oxygen atoms in total. The van der Waals surface area contributed by atoms with E-state index in [9.17, 15) is 0 Å². The third kappa shape index (κ3) is 4.16. The molecule has 0 aliphatic heterocycles. The van der Waals surface area contributed by atoms with Crippen molar-refractivity contribution in [3.63, 3.8) is 0 Å². The van der Waals surface area contributed by atoms with Crippen LogP contribution in [0.2, 0.25) is 0 Å². The van der Waals surface area contributed by atoms with Crippen molar-refractivity contribution in [1.29, 1.82) is 0 Å². The lowest BCUT2D eigenvalue weighted by Gasteiger charge is -2.29. The molecule has 0 saturated heterocycles. The second kappa shape index (κ2) is 10.0. The van der Waals surface area contributed by atoms with Crippen LogP contribution in [0.1, 0.15) is 49.9 Å². The van der Waals surface area contributed by atoms with Gasteiger partial charge < -0.3 is 4.90 Å². The van der Waals surface area contributed by atoms with E-state index in [2.05, 4.69) is 184 Å². The van der Waals surface area contributed by atoms with Crippen molar-refractivity contribution in [2.45, 2.75) is 38.5 Å². The van der Waals surface area contributed by atoms with Crippen molar-refractivity contribution in [2.24, 2.45) is 0 Å². The second-order valence-electron chi connectivity index (χ2n) is 14.3. The standard InChI is InChI=1S/C46H37N/c1-45(2)41-20-11-10-19-37(41)38-23-21-36(29-44(38)45)47(34-18-12-17-31(25-34)30-13-6-5-7-14-30)35-22-24-42-40(28-35)39-26-32-15-8-9-16-33(32)27-43(39)46(42,3)4/h5-29H,1-4H3. The van der Waals surface area contributed by atoms with Gasteiger partial charge in [0.15, 0.2) is 0 Å². The first-order chi connectivity index (χ1) is 22.8. The summed E-state index contributed by atoms with van der Waals surface area (Å²) >= 11 is 0. The first-order valence-electron chi connectivity index (χ1n) is 16.7. The van der Waals surface area contributed by atoms with Crippen LogP contribution in [0, 0.1) is 0 Å². The van der Waals surface area contributed by atoms with Crippen LogP contribution in [0.3, 0.4) is 0 Å². The molecule has 0 atom stereocenters. The predicted octanol–water partition coefficient (Wildman–Crippen LogP) is 12.6. The summed E-state index contributed by atoms with van der Waals surface area (Å²) in [5.41, 5.74) is 16.7. The van der Waals surface area contributed by atoms with E-state index in [1.165, 1.54) is 77.8 Å². The minimum atomic E-state index is -0.0819. The minimum Gasteiger partial charge on any atom is -0.310 e. The highest BCUT2D eigenvalue weighted by atomic mass is 15.1. The highest BCUT2D eigenvalue weighted by molar-refractivity contribution is 5.95. The van der Waals surface area contributed by atoms with Crippen LogP contribution in [0.15, 0.2) is 152 Å². The van der Waals surface area contributed by atoms with E-state index in [0.29, 0.717) is 0 Å². The van der Waals surface area contributed by atoms with Gasteiger partial charge in [0.1, 0.15) is 0 Å². The smallest absolute Gasteiger partial charge is 0.0468 e. The summed E-state index contributed by atoms with van der Waals surface area (Å²) in [5, 5.41) is 2.58. The molecule has 0 aromatic heterocycles. The summed E-state index contributed by atoms with van der Waals surface area (Å²) in [6.07, 6.45) is 0. The summed E-state index contributed by atoms with van der Waals surface area (Å²) in [6.45, 7) is 9.46. The molecular formula is C46H37N. The van der Waals surface area contributed by atoms with Crippen molar-refractivity contribution in [1.82, 2.24) is 0 Å². The van der Waals surface area contributed by atoms with Crippen LogP contribution >= 0.6 is 0 Å². The fourth-order valence-corrected chi connectivity index (χ4v) is 8.30. The maximum Gasteiger partial charge on any atom is 0.0468 e. The summed E-state index contributed by atoms with van der Waals surface area (Å²) in [5.74, 6) is 0. The Hall–Kier alpha value is -5.40. The zero-order chi connectivity index (χ0) is 31.9. The molecule has 226 valence electrons. The third-order valence-electron chi connectivity index (χ3n) is 10.8. The quantitative estimate of drug-likeness (QED) is 0.193. The molecule has 0 heterocycles. The Morgan fingerprint density at radius 3 is 1.70 bits per heavy atom. The molecule has 7 aromatic carbocycles. The summed E-state index contributed by atoms with van der Waals surface area (Å²) < 4.78 is 0. The number of anilines is 3. The molecule has 2 aliphatic carbocycles. The van der Waals surface area contributed by atoms with E-state index >= 15 is 0 Å². The van der Waals surface area contributed by atoms with Crippen molar-refractivity contribution >= 4 is 27.8 Å². The maximum atomic E-state index is 2.46. The van der Waals surface area contributed by atoms with Gasteiger partial charge in [-0.1, -0.05) is 131 Å². The maximum absolute atomic E-state index is 2.46. The molecular weight excluding hydrogens is 567 g/mol. The van der Waals surface area contributed by atoms with Gasteiger partial charge in [0, 0.05) is 27.9 Å². The Morgan fingerprint density at radius 2 is 0.894 bits per heavy atom. The van der Waals surface area contributed by atoms with Crippen LogP contribution in [0.5, 0.6) is 0 Å². The van der Waals surface area contributed by atoms with E-state index in [1.807, 2.05) is 0 Å². The molecule has 0 unspecified atom stereocenters. The SMILES string of the molecule is CC1(C)c2ccccc2-c2ccc(N(c3cccc(-c4ccccc4)c3)c3ccc4c(c3)-c3cc5ccccc5cc3C4(C)C)cc21. The largest absolute Gasteiger partial charge is 0.310 e. The normalized spacial score (nSPS) is 14.7. The van der Waals surface area contributed by atoms with Gasteiger partial charge in [-0.05, 0) is 115 Å². The van der Waals surface area contributed by atoms with Crippen molar-refractivity contribution in [3.05, 3.63) is 174 Å². The summed E-state index contributed by atoms with van der Waals surface area (Å²) in [7, 11) is 0. The fourth-order valence-electron chi connectivity index (χ4n) is 8.30. The molecule has 9 rings (SSSR count). The van der Waals surface area contributed by atoms with Crippen LogP contribution in [-0.4, -0.2) is 0 Å². The lowest BCUT2D eigenvalue weighted by Crippen LogP contribution is -2.17. The van der Waals surface area contributed by atoms with Gasteiger partial charge >= 0.3 is 0 Å². The Bertz CT molecular complexity index is 2360. The average Bonchev–Trinajstić information content (AvgIpc) is 3.46. The predicted molar refractivity (Wildman–Crippen MR) is 199 cm³/mol. The van der Waals surface area contributed by atoms with Gasteiger partial charge in [-0.2, -0.15) is 0 Å². The Kier molecular flexibility index (Phi) is 5.96. The van der Waals surface area contributed by atoms with Crippen LogP contribution in [-0.2, 0) is 10.8 Å². The Morgan fingerprint density at radius 1 is 0.340 bits per heavy atom. The Labute approximate surface area is 277 Å². The zero-order valence-corrected chi connectivity index (χ0v) is 27.4. The fraction of sp³-hybridized carbons (Fsp3) is 0.130. The molecule has 0 saturated carbocycles. The monoisotopic (exact) mass is 603 g/mol. The number of hydrogen-bond donors (Lipinski definition) is 0. The highest BCUT2D eigenvalue weighted by Crippen LogP contribution is 2.53. The highest BCUT2D eigenvalue weighted by Gasteiger charge is 2.38. The summed E-state index contributed by atoms with van der Waals surface area (Å²) in [6, 6.07) is 56.3. The molecule has 7 aromatic rings. The van der Waals surface area contributed by atoms with Gasteiger partial charge in [0.05, 0.1) is 0 Å². The third-order valence-corrected chi connectivity index (χ3v) is 10.8. The molecule has 47 heavy (non-hydrogen) atoms. The van der Waals surface area contributed by atoms with Crippen LogP contribution < -0.4 is 4.90 Å². The molecule has 2 aliphatic rings. The van der Waals surface area contributed by atoms with Crippen molar-refractivity contribution < 1.29 is 0 Å². The minimum absolute atomic E-state index is 0.0747. The number of rotatable bonds is 4. The van der Waals surface area contributed by atoms with E-state index in [1.54, 1.807) is 0 Å². The number of nitrogens with zero attached hydrogens (tertiary/aromatic N) is 1. The lowest BCUT2D eigenvalue weighted by atomic mass is 9.82. The first-order valence-corrected chi connectivity index (χ1v) is 16.7. The van der Waals surface area contributed by atoms with Crippen LogP contribution in [0.25, 0.3) is 44.2 Å². The molecule has 1 heteroatoms. The van der Waals surface area contributed by atoms with E-state index < -0.39 is 0 Å². The number of fused-ring (bicyclic) bond motifs is 7. The van der Waals surface area contributed by atoms with Gasteiger partial charge in [-0.25, -0.2) is 0 Å². The van der Waals surface area contributed by atoms with Crippen molar-refractivity contribution in [3.8, 4) is 33.4 Å². The molecule has 0 spiro atoms. The lowest BCUT2D eigenvalue weighted by molar-refractivity contribution is 0.660. The molecule has 0 bridgehead atoms. The van der Waals surface area contributed by atoms with Gasteiger partial charge in [-0.15, -0.1) is 0 Å². The molecule has 0 N–H and O–H groups in total. The average molecular weight is 604 g/mol. The number of hydrogen-bond acceptors (Lipinski definition) is 1. The second-order valence-corrected chi connectivity index (χ2v) is 14.3. The van der Waals surface area contributed by atoms with Gasteiger partial charge in [-0.3, -0.25) is 0 Å². The van der Waals surface area contributed by atoms with E-state index in [-0.39, 0.29) is 10.8 Å². The zero-order valence-electron chi connectivity index (χ0n) is 27.4. The Balaban J connectivity index is 1.26. The van der Waals surface area contributed by atoms with Gasteiger partial charge in [0.25, 0.3) is 0 Å². The van der Waals surface area contributed by atoms with E-state index in [0.717, 1.165) is 5.69 Å². The van der Waals surface area contributed by atoms with E-state index in [4.69, 9.17) is 0 Å². The number of benzene rings is 7. The topological polar surface area (TPSA) is 3.24 Å². The molecule has 0 fully saturated rings. The molecule has 0 amide bonds. The van der Waals surface area contributed by atoms with Crippen LogP contribution in [0.4, 0.5) is 17.1 Å². The first kappa shape index (κ1) is 27.9. The summed E-state index contributed by atoms with van der Waals surface area (Å²) in [4.78, 5) is 2.46.